The number of aliphatic hydroxyl groups is 1. The average Bonchev–Trinajstić information content (AvgIpc) is 2.89. The van der Waals surface area contributed by atoms with Gasteiger partial charge >= 0.3 is 0 Å². The molecule has 0 aliphatic heterocycles. The Morgan fingerprint density at radius 3 is 2.75 bits per heavy atom. The molecule has 0 bridgehead atoms. The molecule has 1 aliphatic carbocycles. The van der Waals surface area contributed by atoms with Gasteiger partial charge in [0.1, 0.15) is 5.75 Å². The molecule has 4 nitrogen and oxygen atoms in total. The van der Waals surface area contributed by atoms with Gasteiger partial charge in [-0.15, -0.1) is 11.8 Å². The normalized spacial score (nSPS) is 21.7. The van der Waals surface area contributed by atoms with E-state index in [4.69, 9.17) is 4.74 Å². The molecule has 20 heavy (non-hydrogen) atoms. The van der Waals surface area contributed by atoms with Crippen LogP contribution in [0.2, 0.25) is 0 Å². The van der Waals surface area contributed by atoms with Crippen molar-refractivity contribution in [1.29, 1.82) is 0 Å². The number of rotatable bonds is 6. The third-order valence-electron chi connectivity index (χ3n) is 3.61. The summed E-state index contributed by atoms with van der Waals surface area (Å²) in [5.74, 6) is 1.46. The standard InChI is InChI=1S/C15H21NO3S/c1-19-12-5-7-13(8-6-12)20-10-15(18)16-9-11-3-2-4-14(11)17/h5-8,11,14,17H,2-4,9-10H2,1H3,(H,16,18). The maximum atomic E-state index is 11.8. The number of hydrogen-bond donors (Lipinski definition) is 2. The maximum absolute atomic E-state index is 11.8. The van der Waals surface area contributed by atoms with Crippen LogP contribution in [0.4, 0.5) is 0 Å². The summed E-state index contributed by atoms with van der Waals surface area (Å²) in [7, 11) is 1.63. The van der Waals surface area contributed by atoms with Crippen LogP contribution in [0, 0.1) is 5.92 Å². The Morgan fingerprint density at radius 1 is 1.40 bits per heavy atom. The average molecular weight is 295 g/mol. The van der Waals surface area contributed by atoms with Gasteiger partial charge in [-0.3, -0.25) is 4.79 Å². The number of methoxy groups -OCH3 is 1. The van der Waals surface area contributed by atoms with E-state index in [0.29, 0.717) is 12.3 Å². The van der Waals surface area contributed by atoms with Crippen LogP contribution in [0.3, 0.4) is 0 Å². The minimum atomic E-state index is -0.246. The summed E-state index contributed by atoms with van der Waals surface area (Å²) >= 11 is 1.50. The van der Waals surface area contributed by atoms with Gasteiger partial charge in [0.05, 0.1) is 19.0 Å². The smallest absolute Gasteiger partial charge is 0.230 e. The number of ether oxygens (including phenoxy) is 1. The summed E-state index contributed by atoms with van der Waals surface area (Å²) in [6.07, 6.45) is 2.68. The molecule has 0 radical (unpaired) electrons. The molecular weight excluding hydrogens is 274 g/mol. The van der Waals surface area contributed by atoms with E-state index >= 15 is 0 Å². The zero-order valence-electron chi connectivity index (χ0n) is 11.7. The first-order valence-corrected chi connectivity index (χ1v) is 7.89. The number of benzene rings is 1. The summed E-state index contributed by atoms with van der Waals surface area (Å²) < 4.78 is 5.09. The van der Waals surface area contributed by atoms with Crippen molar-refractivity contribution in [3.05, 3.63) is 24.3 Å². The molecule has 2 atom stereocenters. The highest BCUT2D eigenvalue weighted by Crippen LogP contribution is 2.25. The molecule has 1 amide bonds. The lowest BCUT2D eigenvalue weighted by atomic mass is 10.1. The van der Waals surface area contributed by atoms with Gasteiger partial charge in [0.25, 0.3) is 0 Å². The van der Waals surface area contributed by atoms with Gasteiger partial charge in [-0.2, -0.15) is 0 Å². The van der Waals surface area contributed by atoms with E-state index in [2.05, 4.69) is 5.32 Å². The number of amides is 1. The number of hydrogen-bond acceptors (Lipinski definition) is 4. The topological polar surface area (TPSA) is 58.6 Å². The molecule has 1 aliphatic rings. The molecule has 0 spiro atoms. The van der Waals surface area contributed by atoms with E-state index in [1.165, 1.54) is 11.8 Å². The van der Waals surface area contributed by atoms with E-state index in [0.717, 1.165) is 29.9 Å². The van der Waals surface area contributed by atoms with Gasteiger partial charge in [-0.05, 0) is 37.1 Å². The zero-order chi connectivity index (χ0) is 14.4. The van der Waals surface area contributed by atoms with Crippen molar-refractivity contribution in [3.8, 4) is 5.75 Å². The van der Waals surface area contributed by atoms with Gasteiger partial charge < -0.3 is 15.2 Å². The quantitative estimate of drug-likeness (QED) is 0.789. The lowest BCUT2D eigenvalue weighted by Gasteiger charge is -2.14. The van der Waals surface area contributed by atoms with E-state index in [-0.39, 0.29) is 17.9 Å². The maximum Gasteiger partial charge on any atom is 0.230 e. The van der Waals surface area contributed by atoms with Crippen LogP contribution in [0.1, 0.15) is 19.3 Å². The van der Waals surface area contributed by atoms with Gasteiger partial charge in [-0.25, -0.2) is 0 Å². The first-order chi connectivity index (χ1) is 9.69. The highest BCUT2D eigenvalue weighted by Gasteiger charge is 2.25. The third-order valence-corrected chi connectivity index (χ3v) is 4.62. The molecule has 110 valence electrons. The van der Waals surface area contributed by atoms with Crippen molar-refractivity contribution in [3.63, 3.8) is 0 Å². The fraction of sp³-hybridized carbons (Fsp3) is 0.533. The highest BCUT2D eigenvalue weighted by atomic mass is 32.2. The second kappa shape index (κ2) is 7.55. The number of nitrogens with one attached hydrogen (secondary N) is 1. The van der Waals surface area contributed by atoms with Crippen LogP contribution in [-0.2, 0) is 4.79 Å². The Kier molecular flexibility index (Phi) is 5.73. The molecule has 1 saturated carbocycles. The van der Waals surface area contributed by atoms with Crippen molar-refractivity contribution in [2.45, 2.75) is 30.3 Å². The zero-order valence-corrected chi connectivity index (χ0v) is 12.5. The highest BCUT2D eigenvalue weighted by molar-refractivity contribution is 8.00. The van der Waals surface area contributed by atoms with E-state index in [1.807, 2.05) is 24.3 Å². The van der Waals surface area contributed by atoms with Crippen LogP contribution >= 0.6 is 11.8 Å². The van der Waals surface area contributed by atoms with Crippen LogP contribution < -0.4 is 10.1 Å². The van der Waals surface area contributed by atoms with Gasteiger partial charge in [0.15, 0.2) is 0 Å². The van der Waals surface area contributed by atoms with Crippen LogP contribution in [0.15, 0.2) is 29.2 Å². The SMILES string of the molecule is COc1ccc(SCC(=O)NCC2CCCC2O)cc1. The van der Waals surface area contributed by atoms with Crippen molar-refractivity contribution >= 4 is 17.7 Å². The minimum Gasteiger partial charge on any atom is -0.497 e. The Balaban J connectivity index is 1.69. The Hall–Kier alpha value is -1.20. The molecule has 0 saturated heterocycles. The number of thioether (sulfide) groups is 1. The fourth-order valence-corrected chi connectivity index (χ4v) is 3.10. The number of carbonyl (C=O) groups excluding carboxylic acids is 1. The molecule has 0 aromatic heterocycles. The largest absolute Gasteiger partial charge is 0.497 e. The molecule has 2 rings (SSSR count). The van der Waals surface area contributed by atoms with Gasteiger partial charge in [-0.1, -0.05) is 6.42 Å². The Bertz CT molecular complexity index is 435. The monoisotopic (exact) mass is 295 g/mol. The first kappa shape index (κ1) is 15.2. The van der Waals surface area contributed by atoms with Crippen LogP contribution in [0.25, 0.3) is 0 Å². The Morgan fingerprint density at radius 2 is 2.15 bits per heavy atom. The second-order valence-electron chi connectivity index (χ2n) is 5.03. The van der Waals surface area contributed by atoms with Gasteiger partial charge in [0.2, 0.25) is 5.91 Å². The molecular formula is C15H21NO3S. The minimum absolute atomic E-state index is 0.0184. The van der Waals surface area contributed by atoms with Crippen molar-refractivity contribution in [2.75, 3.05) is 19.4 Å². The second-order valence-corrected chi connectivity index (χ2v) is 6.08. The van der Waals surface area contributed by atoms with E-state index in [1.54, 1.807) is 7.11 Å². The lowest BCUT2D eigenvalue weighted by Crippen LogP contribution is -2.33. The predicted molar refractivity (Wildman–Crippen MR) is 80.1 cm³/mol. The lowest BCUT2D eigenvalue weighted by molar-refractivity contribution is -0.118. The fourth-order valence-electron chi connectivity index (χ4n) is 2.37. The molecule has 2 N–H and O–H groups in total. The number of carbonyl (C=O) groups is 1. The predicted octanol–water partition coefficient (Wildman–Crippen LogP) is 2.06. The van der Waals surface area contributed by atoms with Crippen molar-refractivity contribution < 1.29 is 14.6 Å². The summed E-state index contributed by atoms with van der Waals surface area (Å²) in [5.41, 5.74) is 0. The van der Waals surface area contributed by atoms with Crippen molar-refractivity contribution in [2.24, 2.45) is 5.92 Å². The molecule has 1 fully saturated rings. The van der Waals surface area contributed by atoms with Gasteiger partial charge in [0, 0.05) is 17.4 Å². The Labute approximate surface area is 123 Å². The molecule has 1 aromatic carbocycles. The van der Waals surface area contributed by atoms with Crippen LogP contribution in [-0.4, -0.2) is 36.5 Å². The van der Waals surface area contributed by atoms with E-state index in [9.17, 15) is 9.90 Å². The molecule has 5 heteroatoms. The third kappa shape index (κ3) is 4.42. The summed E-state index contributed by atoms with van der Waals surface area (Å²) in [4.78, 5) is 12.8. The summed E-state index contributed by atoms with van der Waals surface area (Å²) in [6, 6.07) is 7.65. The molecule has 0 heterocycles. The van der Waals surface area contributed by atoms with Crippen LogP contribution in [0.5, 0.6) is 5.75 Å². The van der Waals surface area contributed by atoms with E-state index < -0.39 is 0 Å². The first-order valence-electron chi connectivity index (χ1n) is 6.90. The summed E-state index contributed by atoms with van der Waals surface area (Å²) in [6.45, 7) is 0.586. The molecule has 1 aromatic rings. The molecule has 2 unspecified atom stereocenters. The van der Waals surface area contributed by atoms with Crippen molar-refractivity contribution in [1.82, 2.24) is 5.32 Å². The number of aliphatic hydroxyl groups excluding tert-OH is 1. The summed E-state index contributed by atoms with van der Waals surface area (Å²) in [5, 5.41) is 12.6.